The summed E-state index contributed by atoms with van der Waals surface area (Å²) in [6, 6.07) is 18.3. The van der Waals surface area contributed by atoms with Crippen molar-refractivity contribution >= 4 is 40.5 Å². The summed E-state index contributed by atoms with van der Waals surface area (Å²) in [6.45, 7) is 0.959. The third kappa shape index (κ3) is 9.11. The van der Waals surface area contributed by atoms with Gasteiger partial charge in [-0.3, -0.25) is 19.4 Å². The van der Waals surface area contributed by atoms with Crippen molar-refractivity contribution in [2.24, 2.45) is 16.5 Å². The van der Waals surface area contributed by atoms with E-state index in [-0.39, 0.29) is 42.1 Å². The Labute approximate surface area is 256 Å². The summed E-state index contributed by atoms with van der Waals surface area (Å²) in [5.74, 6) is -1.11. The summed E-state index contributed by atoms with van der Waals surface area (Å²) in [6.07, 6.45) is 4.85. The molecule has 0 spiro atoms. The van der Waals surface area contributed by atoms with Gasteiger partial charge >= 0.3 is 0 Å². The van der Waals surface area contributed by atoms with Crippen molar-refractivity contribution in [3.63, 3.8) is 0 Å². The zero-order valence-corrected chi connectivity index (χ0v) is 24.8. The summed E-state index contributed by atoms with van der Waals surface area (Å²) >= 11 is 0. The van der Waals surface area contributed by atoms with Crippen molar-refractivity contribution in [2.45, 2.75) is 43.8 Å². The molecule has 1 saturated heterocycles. The SMILES string of the molecule is CNC(=O)[C@H](Cc1ccc2ccccc2c1)N1CC[C@H](CNC(=O)/C=C/c2ccc(F)cc2)N[C@@H](CCCN=C(N)N)C1=O. The second-order valence-electron chi connectivity index (χ2n) is 10.8. The number of likely N-dealkylation sites (N-methyl/N-ethyl adjacent to an activating group) is 1. The van der Waals surface area contributed by atoms with Crippen LogP contribution in [0.4, 0.5) is 4.39 Å². The number of guanidine groups is 1. The lowest BCUT2D eigenvalue weighted by Crippen LogP contribution is -2.54. The number of rotatable bonds is 12. The van der Waals surface area contributed by atoms with Gasteiger partial charge in [-0.15, -0.1) is 0 Å². The van der Waals surface area contributed by atoms with Crippen molar-refractivity contribution in [1.82, 2.24) is 20.9 Å². The lowest BCUT2D eigenvalue weighted by molar-refractivity contribution is -0.141. The van der Waals surface area contributed by atoms with Crippen molar-refractivity contribution in [3.8, 4) is 0 Å². The maximum Gasteiger partial charge on any atom is 0.244 e. The summed E-state index contributed by atoms with van der Waals surface area (Å²) < 4.78 is 13.2. The standard InChI is InChI=1S/C33H40FN7O3/c1-37-31(43)29(20-23-8-12-24-5-2-3-6-25(24)19-23)41-18-16-27(40-28(32(41)44)7-4-17-38-33(35)36)21-39-30(42)15-11-22-9-13-26(34)14-10-22/h2-3,5-6,8-15,19,27-29,40H,4,7,16-18,20-21H2,1H3,(H,37,43)(H,39,42)(H4,35,36,38)/b15-11+/t27-,28+,29+/m1/s1. The van der Waals surface area contributed by atoms with E-state index in [1.807, 2.05) is 36.4 Å². The molecule has 3 aromatic rings. The molecule has 7 N–H and O–H groups in total. The molecule has 0 aromatic heterocycles. The fourth-order valence-electron chi connectivity index (χ4n) is 5.35. The van der Waals surface area contributed by atoms with Gasteiger partial charge < -0.3 is 32.3 Å². The average molecular weight is 602 g/mol. The number of nitrogens with zero attached hydrogens (tertiary/aromatic N) is 2. The molecule has 1 heterocycles. The van der Waals surface area contributed by atoms with E-state index in [1.165, 1.54) is 18.2 Å². The Hall–Kier alpha value is -4.77. The Bertz CT molecular complexity index is 1500. The largest absolute Gasteiger partial charge is 0.370 e. The van der Waals surface area contributed by atoms with Crippen LogP contribution in [0, 0.1) is 5.82 Å². The van der Waals surface area contributed by atoms with Gasteiger partial charge in [0.05, 0.1) is 6.04 Å². The van der Waals surface area contributed by atoms with Crippen LogP contribution in [0.1, 0.15) is 30.4 Å². The molecule has 0 bridgehead atoms. The predicted molar refractivity (Wildman–Crippen MR) is 171 cm³/mol. The molecule has 1 fully saturated rings. The highest BCUT2D eigenvalue weighted by Crippen LogP contribution is 2.21. The van der Waals surface area contributed by atoms with Gasteiger partial charge in [-0.25, -0.2) is 4.39 Å². The molecule has 0 saturated carbocycles. The number of benzene rings is 3. The number of nitrogens with one attached hydrogen (secondary N) is 3. The topological polar surface area (TPSA) is 155 Å². The number of nitrogens with two attached hydrogens (primary N) is 2. The highest BCUT2D eigenvalue weighted by atomic mass is 19.1. The second-order valence-corrected chi connectivity index (χ2v) is 10.8. The molecule has 3 aromatic carbocycles. The molecule has 44 heavy (non-hydrogen) atoms. The van der Waals surface area contributed by atoms with Crippen molar-refractivity contribution in [3.05, 3.63) is 89.8 Å². The number of fused-ring (bicyclic) bond motifs is 1. The van der Waals surface area contributed by atoms with Crippen LogP contribution in [0.15, 0.2) is 77.8 Å². The molecule has 0 radical (unpaired) electrons. The minimum Gasteiger partial charge on any atom is -0.370 e. The number of hydrogen-bond acceptors (Lipinski definition) is 5. The Balaban J connectivity index is 1.49. The van der Waals surface area contributed by atoms with E-state index in [0.717, 1.165) is 16.3 Å². The van der Waals surface area contributed by atoms with Gasteiger partial charge in [-0.2, -0.15) is 0 Å². The van der Waals surface area contributed by atoms with Crippen molar-refractivity contribution < 1.29 is 18.8 Å². The lowest BCUT2D eigenvalue weighted by Gasteiger charge is -2.31. The average Bonchev–Trinajstić information content (AvgIpc) is 3.18. The molecule has 3 atom stereocenters. The molecule has 1 aliphatic heterocycles. The number of amides is 3. The quantitative estimate of drug-likeness (QED) is 0.0927. The van der Waals surface area contributed by atoms with E-state index < -0.39 is 12.1 Å². The maximum absolute atomic E-state index is 14.0. The van der Waals surface area contributed by atoms with Gasteiger partial charge in [0.15, 0.2) is 5.96 Å². The number of hydrogen-bond donors (Lipinski definition) is 5. The molecule has 4 rings (SSSR count). The fraction of sp³-hybridized carbons (Fsp3) is 0.333. The van der Waals surface area contributed by atoms with Crippen LogP contribution in [-0.4, -0.2) is 73.4 Å². The van der Waals surface area contributed by atoms with Gasteiger partial charge in [-0.05, 0) is 59.4 Å². The Morgan fingerprint density at radius 1 is 1.11 bits per heavy atom. The third-order valence-electron chi connectivity index (χ3n) is 7.67. The lowest BCUT2D eigenvalue weighted by atomic mass is 9.99. The molecular weight excluding hydrogens is 561 g/mol. The molecule has 3 amide bonds. The fourth-order valence-corrected chi connectivity index (χ4v) is 5.35. The minimum atomic E-state index is -0.720. The van der Waals surface area contributed by atoms with E-state index >= 15 is 0 Å². The summed E-state index contributed by atoms with van der Waals surface area (Å²) in [5.41, 5.74) is 12.6. The van der Waals surface area contributed by atoms with Gasteiger partial charge in [-0.1, -0.05) is 54.6 Å². The predicted octanol–water partition coefficient (Wildman–Crippen LogP) is 2.08. The Kier molecular flexibility index (Phi) is 11.4. The number of halogens is 1. The summed E-state index contributed by atoms with van der Waals surface area (Å²) in [7, 11) is 1.57. The molecule has 0 aliphatic carbocycles. The number of carbonyl (C=O) groups excluding carboxylic acids is 3. The van der Waals surface area contributed by atoms with Crippen LogP contribution < -0.4 is 27.4 Å². The van der Waals surface area contributed by atoms with Gasteiger partial charge in [0.25, 0.3) is 0 Å². The first kappa shape index (κ1) is 32.2. The van der Waals surface area contributed by atoms with Crippen LogP contribution in [0.2, 0.25) is 0 Å². The third-order valence-corrected chi connectivity index (χ3v) is 7.67. The number of carbonyl (C=O) groups is 3. The van der Waals surface area contributed by atoms with E-state index in [2.05, 4.69) is 27.0 Å². The Morgan fingerprint density at radius 3 is 2.59 bits per heavy atom. The second kappa shape index (κ2) is 15.6. The van der Waals surface area contributed by atoms with Crippen LogP contribution in [-0.2, 0) is 20.8 Å². The van der Waals surface area contributed by atoms with Crippen molar-refractivity contribution in [2.75, 3.05) is 26.7 Å². The van der Waals surface area contributed by atoms with E-state index in [4.69, 9.17) is 11.5 Å². The highest BCUT2D eigenvalue weighted by molar-refractivity contribution is 5.92. The van der Waals surface area contributed by atoms with E-state index in [9.17, 15) is 18.8 Å². The van der Waals surface area contributed by atoms with Crippen LogP contribution >= 0.6 is 0 Å². The normalized spacial score (nSPS) is 17.7. The van der Waals surface area contributed by atoms with E-state index in [0.29, 0.717) is 44.3 Å². The van der Waals surface area contributed by atoms with Crippen LogP contribution in [0.25, 0.3) is 16.8 Å². The first-order valence-corrected chi connectivity index (χ1v) is 14.8. The smallest absolute Gasteiger partial charge is 0.244 e. The van der Waals surface area contributed by atoms with Crippen LogP contribution in [0.3, 0.4) is 0 Å². The van der Waals surface area contributed by atoms with Gasteiger partial charge in [0.2, 0.25) is 17.7 Å². The minimum absolute atomic E-state index is 0.0175. The first-order valence-electron chi connectivity index (χ1n) is 14.8. The summed E-state index contributed by atoms with van der Waals surface area (Å²) in [5, 5.41) is 11.2. The molecule has 10 nitrogen and oxygen atoms in total. The molecule has 1 aliphatic rings. The number of aliphatic imine (C=N–C) groups is 1. The van der Waals surface area contributed by atoms with Gasteiger partial charge in [0, 0.05) is 45.2 Å². The molecule has 11 heteroatoms. The zero-order chi connectivity index (χ0) is 31.5. The van der Waals surface area contributed by atoms with E-state index in [1.54, 1.807) is 30.2 Å². The summed E-state index contributed by atoms with van der Waals surface area (Å²) in [4.78, 5) is 45.5. The molecule has 232 valence electrons. The van der Waals surface area contributed by atoms with Gasteiger partial charge in [0.1, 0.15) is 11.9 Å². The Morgan fingerprint density at radius 2 is 1.86 bits per heavy atom. The van der Waals surface area contributed by atoms with Crippen molar-refractivity contribution in [1.29, 1.82) is 0 Å². The monoisotopic (exact) mass is 601 g/mol. The zero-order valence-electron chi connectivity index (χ0n) is 24.8. The van der Waals surface area contributed by atoms with Crippen LogP contribution in [0.5, 0.6) is 0 Å². The highest BCUT2D eigenvalue weighted by Gasteiger charge is 2.37. The first-order chi connectivity index (χ1) is 21.2. The maximum atomic E-state index is 14.0. The molecule has 0 unspecified atom stereocenters. The molecular formula is C33H40FN7O3.